The molecule has 5 nitrogen and oxygen atoms in total. The quantitative estimate of drug-likeness (QED) is 0.669. The maximum absolute atomic E-state index is 13.5. The number of ether oxygens (including phenoxy) is 1. The topological polar surface area (TPSA) is 64.4 Å². The number of nitrogens with zero attached hydrogens (tertiary/aromatic N) is 1. The molecule has 0 amide bonds. The molecule has 21 heavy (non-hydrogen) atoms. The van der Waals surface area contributed by atoms with Gasteiger partial charge in [-0.3, -0.25) is 10.1 Å². The minimum Gasteiger partial charge on any atom is -0.494 e. The first-order chi connectivity index (χ1) is 10.0. The van der Waals surface area contributed by atoms with Gasteiger partial charge in [0.2, 0.25) is 0 Å². The first-order valence-electron chi connectivity index (χ1n) is 6.01. The van der Waals surface area contributed by atoms with Gasteiger partial charge >= 0.3 is 0 Å². The zero-order valence-electron chi connectivity index (χ0n) is 11.1. The van der Waals surface area contributed by atoms with Gasteiger partial charge < -0.3 is 10.1 Å². The van der Waals surface area contributed by atoms with E-state index in [9.17, 15) is 14.5 Å². The first-order valence-corrected chi connectivity index (χ1v) is 6.39. The number of nitro benzene ring substituents is 1. The van der Waals surface area contributed by atoms with Gasteiger partial charge in [0.25, 0.3) is 5.69 Å². The van der Waals surface area contributed by atoms with Crippen LogP contribution in [0.1, 0.15) is 5.56 Å². The van der Waals surface area contributed by atoms with Crippen LogP contribution in [-0.4, -0.2) is 12.0 Å². The fourth-order valence-corrected chi connectivity index (χ4v) is 1.98. The molecule has 0 aliphatic rings. The van der Waals surface area contributed by atoms with Gasteiger partial charge in [-0.05, 0) is 23.8 Å². The van der Waals surface area contributed by atoms with Gasteiger partial charge in [0.05, 0.1) is 12.0 Å². The summed E-state index contributed by atoms with van der Waals surface area (Å²) in [5, 5.41) is 13.9. The Bertz CT molecular complexity index is 679. The van der Waals surface area contributed by atoms with E-state index >= 15 is 0 Å². The largest absolute Gasteiger partial charge is 0.494 e. The molecule has 0 saturated carbocycles. The predicted molar refractivity (Wildman–Crippen MR) is 78.4 cm³/mol. The number of nitrogens with one attached hydrogen (secondary N) is 1. The summed E-state index contributed by atoms with van der Waals surface area (Å²) in [6, 6.07) is 8.97. The van der Waals surface area contributed by atoms with Crippen LogP contribution in [0.4, 0.5) is 15.8 Å². The maximum Gasteiger partial charge on any atom is 0.288 e. The van der Waals surface area contributed by atoms with Gasteiger partial charge in [0.1, 0.15) is 5.02 Å². The van der Waals surface area contributed by atoms with E-state index in [0.29, 0.717) is 17.8 Å². The van der Waals surface area contributed by atoms with Crippen LogP contribution in [0.5, 0.6) is 5.75 Å². The summed E-state index contributed by atoms with van der Waals surface area (Å²) in [6.07, 6.45) is 0. The van der Waals surface area contributed by atoms with Gasteiger partial charge in [-0.2, -0.15) is 0 Å². The number of hydrogen-bond acceptors (Lipinski definition) is 4. The molecule has 0 saturated heterocycles. The Morgan fingerprint density at radius 3 is 2.71 bits per heavy atom. The van der Waals surface area contributed by atoms with Gasteiger partial charge in [-0.1, -0.05) is 17.7 Å². The second-order valence-electron chi connectivity index (χ2n) is 4.25. The monoisotopic (exact) mass is 310 g/mol. The number of nitro groups is 1. The summed E-state index contributed by atoms with van der Waals surface area (Å²) >= 11 is 5.74. The number of methoxy groups -OCH3 is 1. The number of halogens is 2. The molecule has 0 aromatic heterocycles. The van der Waals surface area contributed by atoms with Crippen molar-refractivity contribution in [2.45, 2.75) is 6.54 Å². The zero-order chi connectivity index (χ0) is 15.4. The highest BCUT2D eigenvalue weighted by Gasteiger charge is 2.12. The number of anilines is 1. The van der Waals surface area contributed by atoms with Crippen molar-refractivity contribution in [2.75, 3.05) is 12.4 Å². The Hall–Kier alpha value is -2.34. The summed E-state index contributed by atoms with van der Waals surface area (Å²) in [5.74, 6) is -0.327. The molecule has 2 rings (SSSR count). The summed E-state index contributed by atoms with van der Waals surface area (Å²) in [5.41, 5.74) is 1.06. The lowest BCUT2D eigenvalue weighted by atomic mass is 10.2. The Morgan fingerprint density at radius 2 is 2.10 bits per heavy atom. The standard InChI is InChI=1S/C14H12ClFN2O3/c1-21-14-5-3-10(7-12(14)16)17-8-9-2-4-11(15)13(6-9)18(19)20/h2-7,17H,8H2,1H3. The maximum atomic E-state index is 13.5. The van der Waals surface area contributed by atoms with Crippen LogP contribution in [0.2, 0.25) is 5.02 Å². The van der Waals surface area contributed by atoms with Crippen molar-refractivity contribution in [3.8, 4) is 5.75 Å². The van der Waals surface area contributed by atoms with E-state index in [4.69, 9.17) is 16.3 Å². The third kappa shape index (κ3) is 3.61. The Kier molecular flexibility index (Phi) is 4.59. The molecule has 0 unspecified atom stereocenters. The second kappa shape index (κ2) is 6.41. The van der Waals surface area contributed by atoms with Crippen LogP contribution >= 0.6 is 11.6 Å². The highest BCUT2D eigenvalue weighted by atomic mass is 35.5. The van der Waals surface area contributed by atoms with Crippen molar-refractivity contribution in [1.29, 1.82) is 0 Å². The number of benzene rings is 2. The lowest BCUT2D eigenvalue weighted by Crippen LogP contribution is -2.01. The van der Waals surface area contributed by atoms with Gasteiger partial charge in [0, 0.05) is 24.4 Å². The van der Waals surface area contributed by atoms with E-state index in [-0.39, 0.29) is 16.5 Å². The molecule has 0 spiro atoms. The minimum absolute atomic E-state index is 0.0826. The lowest BCUT2D eigenvalue weighted by Gasteiger charge is -2.08. The third-order valence-electron chi connectivity index (χ3n) is 2.86. The fraction of sp³-hybridized carbons (Fsp3) is 0.143. The van der Waals surface area contributed by atoms with E-state index in [0.717, 1.165) is 0 Å². The van der Waals surface area contributed by atoms with Crippen molar-refractivity contribution in [2.24, 2.45) is 0 Å². The van der Waals surface area contributed by atoms with Gasteiger partial charge in [0.15, 0.2) is 11.6 Å². The third-order valence-corrected chi connectivity index (χ3v) is 3.18. The van der Waals surface area contributed by atoms with E-state index in [2.05, 4.69) is 5.32 Å². The molecule has 2 aromatic rings. The van der Waals surface area contributed by atoms with E-state index < -0.39 is 10.7 Å². The van der Waals surface area contributed by atoms with E-state index in [1.807, 2.05) is 0 Å². The summed E-state index contributed by atoms with van der Waals surface area (Å²) in [6.45, 7) is 0.309. The van der Waals surface area contributed by atoms with Crippen LogP contribution in [0.3, 0.4) is 0 Å². The molecule has 0 heterocycles. The normalized spacial score (nSPS) is 10.2. The van der Waals surface area contributed by atoms with E-state index in [1.165, 1.54) is 31.4 Å². The Balaban J connectivity index is 2.11. The second-order valence-corrected chi connectivity index (χ2v) is 4.65. The molecule has 0 atom stereocenters. The van der Waals surface area contributed by atoms with Crippen molar-refractivity contribution in [3.05, 3.63) is 62.9 Å². The van der Waals surface area contributed by atoms with Crippen LogP contribution in [0.25, 0.3) is 0 Å². The molecule has 7 heteroatoms. The summed E-state index contributed by atoms with van der Waals surface area (Å²) < 4.78 is 18.4. The fourth-order valence-electron chi connectivity index (χ4n) is 1.79. The van der Waals surface area contributed by atoms with Crippen LogP contribution in [-0.2, 0) is 6.54 Å². The average molecular weight is 311 g/mol. The molecule has 110 valence electrons. The Labute approximate surface area is 125 Å². The highest BCUT2D eigenvalue weighted by Crippen LogP contribution is 2.26. The smallest absolute Gasteiger partial charge is 0.288 e. The van der Waals surface area contributed by atoms with E-state index in [1.54, 1.807) is 12.1 Å². The molecular formula is C14H12ClFN2O3. The SMILES string of the molecule is COc1ccc(NCc2ccc(Cl)c([N+](=O)[O-])c2)cc1F. The first kappa shape index (κ1) is 15.1. The molecule has 0 bridgehead atoms. The average Bonchev–Trinajstić information content (AvgIpc) is 2.46. The Morgan fingerprint density at radius 1 is 1.33 bits per heavy atom. The van der Waals surface area contributed by atoms with Crippen LogP contribution in [0, 0.1) is 15.9 Å². The molecule has 0 aliphatic heterocycles. The number of hydrogen-bond donors (Lipinski definition) is 1. The highest BCUT2D eigenvalue weighted by molar-refractivity contribution is 6.32. The van der Waals surface area contributed by atoms with Crippen molar-refractivity contribution >= 4 is 23.0 Å². The zero-order valence-corrected chi connectivity index (χ0v) is 11.9. The van der Waals surface area contributed by atoms with Crippen molar-refractivity contribution in [1.82, 2.24) is 0 Å². The molecule has 0 aliphatic carbocycles. The number of rotatable bonds is 5. The molecular weight excluding hydrogens is 299 g/mol. The van der Waals surface area contributed by atoms with Crippen molar-refractivity contribution in [3.63, 3.8) is 0 Å². The lowest BCUT2D eigenvalue weighted by molar-refractivity contribution is -0.384. The molecule has 1 N–H and O–H groups in total. The van der Waals surface area contributed by atoms with Crippen molar-refractivity contribution < 1.29 is 14.1 Å². The van der Waals surface area contributed by atoms with Crippen LogP contribution in [0.15, 0.2) is 36.4 Å². The molecule has 2 aromatic carbocycles. The van der Waals surface area contributed by atoms with Gasteiger partial charge in [-0.15, -0.1) is 0 Å². The molecule has 0 radical (unpaired) electrons. The van der Waals surface area contributed by atoms with Crippen LogP contribution < -0.4 is 10.1 Å². The molecule has 0 fully saturated rings. The summed E-state index contributed by atoms with van der Waals surface area (Å²) in [4.78, 5) is 10.3. The summed E-state index contributed by atoms with van der Waals surface area (Å²) in [7, 11) is 1.39. The minimum atomic E-state index is -0.543. The predicted octanol–water partition coefficient (Wildman–Crippen LogP) is 4.01. The van der Waals surface area contributed by atoms with Gasteiger partial charge in [-0.25, -0.2) is 4.39 Å².